The molecule has 3 rings (SSSR count). The van der Waals surface area contributed by atoms with E-state index >= 15 is 0 Å². The van der Waals surface area contributed by atoms with Gasteiger partial charge in [0, 0.05) is 13.0 Å². The summed E-state index contributed by atoms with van der Waals surface area (Å²) in [5.74, 6) is -1.83. The second-order valence-corrected chi connectivity index (χ2v) is 5.84. The van der Waals surface area contributed by atoms with Crippen LogP contribution in [0.15, 0.2) is 11.3 Å². The van der Waals surface area contributed by atoms with Gasteiger partial charge in [-0.05, 0) is 31.8 Å². The van der Waals surface area contributed by atoms with Gasteiger partial charge in [0.15, 0.2) is 0 Å². The van der Waals surface area contributed by atoms with Crippen molar-refractivity contribution < 1.29 is 55.5 Å². The van der Waals surface area contributed by atoms with Gasteiger partial charge < -0.3 is 21.3 Å². The van der Waals surface area contributed by atoms with Crippen molar-refractivity contribution in [3.63, 3.8) is 0 Å². The van der Waals surface area contributed by atoms with Gasteiger partial charge in [-0.2, -0.15) is 0 Å². The molecule has 0 bridgehead atoms. The van der Waals surface area contributed by atoms with Gasteiger partial charge in [-0.1, -0.05) is 0 Å². The number of aliphatic carboxylic acids is 1. The van der Waals surface area contributed by atoms with E-state index in [2.05, 4.69) is 0 Å². The predicted molar refractivity (Wildman–Crippen MR) is 69.7 cm³/mol. The molecule has 0 unspecified atom stereocenters. The number of hydrogen-bond donors (Lipinski definition) is 2. The van der Waals surface area contributed by atoms with Crippen LogP contribution in [0.4, 0.5) is 0 Å². The van der Waals surface area contributed by atoms with Crippen LogP contribution < -0.4 is 29.6 Å². The third kappa shape index (κ3) is 2.28. The van der Waals surface area contributed by atoms with E-state index in [9.17, 15) is 19.8 Å². The van der Waals surface area contributed by atoms with Crippen molar-refractivity contribution in [2.24, 2.45) is 11.8 Å². The molecule has 3 aliphatic rings. The molecule has 0 aromatic carbocycles. The molecular formula is C14H20NNaO5. The number of nitrogens with zero attached hydrogens (tertiary/aromatic N) is 1. The minimum absolute atomic E-state index is 0. The van der Waals surface area contributed by atoms with Crippen LogP contribution in [0.2, 0.25) is 0 Å². The first-order chi connectivity index (χ1) is 9.49. The number of carboxylic acids is 1. The number of fused-ring (bicyclic) bond motifs is 3. The van der Waals surface area contributed by atoms with Crippen molar-refractivity contribution in [3.05, 3.63) is 11.3 Å². The Labute approximate surface area is 146 Å². The Hall–Kier alpha value is -0.400. The molecule has 5 atom stereocenters. The number of ether oxygens (including phenoxy) is 1. The van der Waals surface area contributed by atoms with E-state index in [0.717, 1.165) is 24.8 Å². The second-order valence-electron chi connectivity index (χ2n) is 5.84. The molecule has 1 saturated carbocycles. The smallest absolute Gasteiger partial charge is 1.00 e. The Balaban J connectivity index is 0.00000121. The van der Waals surface area contributed by atoms with Crippen LogP contribution in [-0.2, 0) is 14.3 Å². The fourth-order valence-electron chi connectivity index (χ4n) is 4.08. The van der Waals surface area contributed by atoms with Gasteiger partial charge in [-0.25, -0.2) is 4.79 Å². The first kappa shape index (κ1) is 17.0. The Morgan fingerprint density at radius 1 is 1.48 bits per heavy atom. The molecule has 0 spiro atoms. The Kier molecular flexibility index (Phi) is 4.85. The van der Waals surface area contributed by atoms with Gasteiger partial charge in [-0.15, -0.1) is 0 Å². The Morgan fingerprint density at radius 3 is 2.67 bits per heavy atom. The zero-order valence-electron chi connectivity index (χ0n) is 13.6. The van der Waals surface area contributed by atoms with E-state index < -0.39 is 18.0 Å². The summed E-state index contributed by atoms with van der Waals surface area (Å²) in [5, 5.41) is 19.2. The SMILES string of the molecule is CO[C@H]1CCC[C@H]2C1=C(C(=O)O)N1C(=O)[C@H]([C@@H](C)O)[C@@H]21.[H-].[Na+]. The minimum Gasteiger partial charge on any atom is -1.00 e. The molecular weight excluding hydrogens is 285 g/mol. The van der Waals surface area contributed by atoms with Crippen molar-refractivity contribution >= 4 is 11.9 Å². The zero-order chi connectivity index (χ0) is 14.6. The van der Waals surface area contributed by atoms with Crippen molar-refractivity contribution in [1.29, 1.82) is 0 Å². The summed E-state index contributed by atoms with van der Waals surface area (Å²) in [5.41, 5.74) is 0.834. The molecule has 21 heavy (non-hydrogen) atoms. The molecule has 2 aliphatic heterocycles. The van der Waals surface area contributed by atoms with Crippen LogP contribution >= 0.6 is 0 Å². The maximum Gasteiger partial charge on any atom is 1.00 e. The van der Waals surface area contributed by atoms with E-state index in [0.29, 0.717) is 0 Å². The number of carboxylic acid groups (broad SMARTS) is 1. The van der Waals surface area contributed by atoms with Crippen LogP contribution in [0.5, 0.6) is 0 Å². The van der Waals surface area contributed by atoms with Crippen molar-refractivity contribution in [3.8, 4) is 0 Å². The van der Waals surface area contributed by atoms with Gasteiger partial charge in [0.25, 0.3) is 0 Å². The number of carbonyl (C=O) groups is 2. The number of amides is 1. The first-order valence-electron chi connectivity index (χ1n) is 7.00. The molecule has 0 radical (unpaired) electrons. The van der Waals surface area contributed by atoms with Gasteiger partial charge in [-0.3, -0.25) is 4.79 Å². The number of aliphatic hydroxyl groups is 1. The quantitative estimate of drug-likeness (QED) is 0.444. The molecule has 7 heteroatoms. The minimum atomic E-state index is -1.08. The monoisotopic (exact) mass is 305 g/mol. The fraction of sp³-hybridized carbons (Fsp3) is 0.714. The molecule has 1 saturated heterocycles. The summed E-state index contributed by atoms with van der Waals surface area (Å²) in [6.07, 6.45) is 1.61. The van der Waals surface area contributed by atoms with Crippen molar-refractivity contribution in [1.82, 2.24) is 4.90 Å². The first-order valence-corrected chi connectivity index (χ1v) is 7.00. The summed E-state index contributed by atoms with van der Waals surface area (Å²) in [6.45, 7) is 1.59. The summed E-state index contributed by atoms with van der Waals surface area (Å²) in [6, 6.07) is -0.207. The molecule has 2 heterocycles. The van der Waals surface area contributed by atoms with Gasteiger partial charge in [0.1, 0.15) is 5.70 Å². The predicted octanol–water partition coefficient (Wildman–Crippen LogP) is -2.52. The number of carbonyl (C=O) groups excluding carboxylic acids is 1. The Morgan fingerprint density at radius 2 is 2.14 bits per heavy atom. The molecule has 1 aliphatic carbocycles. The van der Waals surface area contributed by atoms with Crippen molar-refractivity contribution in [2.45, 2.75) is 44.4 Å². The Bertz CT molecular complexity index is 509. The van der Waals surface area contributed by atoms with E-state index in [4.69, 9.17) is 4.74 Å². The van der Waals surface area contributed by atoms with E-state index in [-0.39, 0.29) is 60.7 Å². The van der Waals surface area contributed by atoms with Crippen LogP contribution in [0.25, 0.3) is 0 Å². The number of aliphatic hydroxyl groups excluding tert-OH is 1. The van der Waals surface area contributed by atoms with Crippen LogP contribution in [0.1, 0.15) is 27.6 Å². The second kappa shape index (κ2) is 6.01. The molecule has 112 valence electrons. The largest absolute Gasteiger partial charge is 1.00 e. The maximum atomic E-state index is 12.2. The third-order valence-electron chi connectivity index (χ3n) is 4.85. The van der Waals surface area contributed by atoms with E-state index in [1.54, 1.807) is 14.0 Å². The molecule has 0 aromatic rings. The molecule has 6 nitrogen and oxygen atoms in total. The van der Waals surface area contributed by atoms with E-state index in [1.165, 1.54) is 4.90 Å². The molecule has 2 N–H and O–H groups in total. The number of methoxy groups -OCH3 is 1. The topological polar surface area (TPSA) is 87.1 Å². The summed E-state index contributed by atoms with van der Waals surface area (Å²) < 4.78 is 5.42. The summed E-state index contributed by atoms with van der Waals surface area (Å²) in [4.78, 5) is 25.1. The fourth-order valence-corrected chi connectivity index (χ4v) is 4.08. The normalized spacial score (nSPS) is 35.6. The molecule has 0 aromatic heterocycles. The van der Waals surface area contributed by atoms with E-state index in [1.807, 2.05) is 0 Å². The van der Waals surface area contributed by atoms with Gasteiger partial charge in [0.05, 0.1) is 24.2 Å². The molecule has 2 fully saturated rings. The van der Waals surface area contributed by atoms with Crippen LogP contribution in [-0.4, -0.2) is 52.3 Å². The summed E-state index contributed by atoms with van der Waals surface area (Å²) in [7, 11) is 1.57. The zero-order valence-corrected chi connectivity index (χ0v) is 14.6. The number of hydrogen-bond acceptors (Lipinski definition) is 4. The number of β-lactam (4-membered cyclic amide) rings is 1. The average Bonchev–Trinajstić information content (AvgIpc) is 2.69. The number of rotatable bonds is 3. The summed E-state index contributed by atoms with van der Waals surface area (Å²) >= 11 is 0. The maximum absolute atomic E-state index is 12.2. The standard InChI is InChI=1S/C14H19NO5.Na.H/c1-6(16)9-11-7-4-3-5-8(20-2)10(7)12(14(18)19)15(11)13(9)17;;/h6-9,11,16H,3-5H2,1-2H3,(H,18,19);;/q;+1;-1/t6-,7+,8+,9-,11-;;/m1../s1. The van der Waals surface area contributed by atoms with Crippen LogP contribution in [0.3, 0.4) is 0 Å². The van der Waals surface area contributed by atoms with Crippen LogP contribution in [0, 0.1) is 11.8 Å². The van der Waals surface area contributed by atoms with Gasteiger partial charge >= 0.3 is 35.5 Å². The third-order valence-corrected chi connectivity index (χ3v) is 4.85. The van der Waals surface area contributed by atoms with Gasteiger partial charge in [0.2, 0.25) is 5.91 Å². The van der Waals surface area contributed by atoms with Crippen molar-refractivity contribution in [2.75, 3.05) is 7.11 Å². The average molecular weight is 305 g/mol. The molecule has 1 amide bonds.